The first-order valence-electron chi connectivity index (χ1n) is 10.1. The molecular formula is C20H28N4O4S. The summed E-state index contributed by atoms with van der Waals surface area (Å²) in [5.74, 6) is 1.06. The molecule has 2 aromatic rings. The summed E-state index contributed by atoms with van der Waals surface area (Å²) >= 11 is 0. The predicted octanol–water partition coefficient (Wildman–Crippen LogP) is 2.23. The van der Waals surface area contributed by atoms with Gasteiger partial charge in [0.15, 0.2) is 5.82 Å². The zero-order valence-electron chi connectivity index (χ0n) is 16.9. The molecule has 1 N–H and O–H groups in total. The molecule has 0 spiro atoms. The summed E-state index contributed by atoms with van der Waals surface area (Å²) in [5, 5.41) is 6.87. The monoisotopic (exact) mass is 420 g/mol. The smallest absolute Gasteiger partial charge is 0.243 e. The molecule has 158 valence electrons. The third-order valence-corrected chi connectivity index (χ3v) is 6.94. The first-order chi connectivity index (χ1) is 13.9. The van der Waals surface area contributed by atoms with E-state index >= 15 is 0 Å². The fourth-order valence-electron chi connectivity index (χ4n) is 3.34. The van der Waals surface area contributed by atoms with E-state index in [2.05, 4.69) is 15.5 Å². The molecule has 1 aromatic heterocycles. The molecule has 0 atom stereocenters. The van der Waals surface area contributed by atoms with E-state index in [0.717, 1.165) is 18.4 Å². The van der Waals surface area contributed by atoms with Crippen molar-refractivity contribution in [2.24, 2.45) is 0 Å². The van der Waals surface area contributed by atoms with Crippen molar-refractivity contribution in [1.82, 2.24) is 19.8 Å². The number of sulfonamides is 1. The fourth-order valence-corrected chi connectivity index (χ4v) is 4.81. The molecule has 8 nitrogen and oxygen atoms in total. The number of carbonyl (C=O) groups is 1. The van der Waals surface area contributed by atoms with Gasteiger partial charge in [0.2, 0.25) is 21.8 Å². The molecular weight excluding hydrogens is 392 g/mol. The number of aryl methyl sites for hydroxylation is 3. The van der Waals surface area contributed by atoms with Crippen LogP contribution in [-0.2, 0) is 27.7 Å². The Bertz CT molecular complexity index is 916. The third-order valence-electron chi connectivity index (χ3n) is 5.03. The van der Waals surface area contributed by atoms with Gasteiger partial charge in [0.25, 0.3) is 0 Å². The van der Waals surface area contributed by atoms with Crippen molar-refractivity contribution in [1.29, 1.82) is 0 Å². The Morgan fingerprint density at radius 3 is 2.55 bits per heavy atom. The van der Waals surface area contributed by atoms with Crippen molar-refractivity contribution in [2.45, 2.75) is 63.3 Å². The average molecular weight is 421 g/mol. The Labute approximate surface area is 171 Å². The number of benzene rings is 1. The Morgan fingerprint density at radius 2 is 1.90 bits per heavy atom. The molecule has 0 radical (unpaired) electrons. The standard InChI is InChI=1S/C20H28N4O4S/c1-3-4-18-22-20(28-23-18)10-9-19(25)21-16-11-13-24(14-12-16)29(26,27)17-7-5-15(2)6-8-17/h5-8,16H,3-4,9-14H2,1-2H3,(H,21,25). The van der Waals surface area contributed by atoms with E-state index in [4.69, 9.17) is 4.52 Å². The summed E-state index contributed by atoms with van der Waals surface area (Å²) in [6.45, 7) is 4.75. The minimum absolute atomic E-state index is 0.0229. The number of hydrogen-bond donors (Lipinski definition) is 1. The van der Waals surface area contributed by atoms with Crippen molar-refractivity contribution in [3.8, 4) is 0 Å². The highest BCUT2D eigenvalue weighted by Crippen LogP contribution is 2.21. The van der Waals surface area contributed by atoms with Crippen LogP contribution < -0.4 is 5.32 Å². The van der Waals surface area contributed by atoms with Gasteiger partial charge in [-0.3, -0.25) is 4.79 Å². The molecule has 0 bridgehead atoms. The molecule has 1 aliphatic rings. The van der Waals surface area contributed by atoms with Crippen LogP contribution in [0.15, 0.2) is 33.7 Å². The molecule has 1 aliphatic heterocycles. The van der Waals surface area contributed by atoms with Gasteiger partial charge in [0, 0.05) is 38.4 Å². The van der Waals surface area contributed by atoms with E-state index in [9.17, 15) is 13.2 Å². The maximum Gasteiger partial charge on any atom is 0.243 e. The van der Waals surface area contributed by atoms with Crippen LogP contribution in [0.3, 0.4) is 0 Å². The molecule has 9 heteroatoms. The van der Waals surface area contributed by atoms with Gasteiger partial charge in [-0.2, -0.15) is 9.29 Å². The molecule has 2 heterocycles. The molecule has 1 saturated heterocycles. The Balaban J connectivity index is 1.45. The van der Waals surface area contributed by atoms with Crippen molar-refractivity contribution >= 4 is 15.9 Å². The quantitative estimate of drug-likeness (QED) is 0.702. The molecule has 1 fully saturated rings. The first-order valence-corrected chi connectivity index (χ1v) is 11.5. The normalized spacial score (nSPS) is 16.1. The lowest BCUT2D eigenvalue weighted by molar-refractivity contribution is -0.122. The second kappa shape index (κ2) is 9.49. The van der Waals surface area contributed by atoms with Crippen molar-refractivity contribution in [2.75, 3.05) is 13.1 Å². The topological polar surface area (TPSA) is 105 Å². The molecule has 3 rings (SSSR count). The van der Waals surface area contributed by atoms with Crippen molar-refractivity contribution in [3.05, 3.63) is 41.5 Å². The highest BCUT2D eigenvalue weighted by atomic mass is 32.2. The van der Waals surface area contributed by atoms with Gasteiger partial charge in [-0.05, 0) is 38.3 Å². The van der Waals surface area contributed by atoms with Crippen molar-refractivity contribution in [3.63, 3.8) is 0 Å². The summed E-state index contributed by atoms with van der Waals surface area (Å²) in [6, 6.07) is 6.86. The molecule has 1 aromatic carbocycles. The lowest BCUT2D eigenvalue weighted by Gasteiger charge is -2.31. The zero-order chi connectivity index (χ0) is 20.9. The number of rotatable bonds is 8. The Morgan fingerprint density at radius 1 is 1.21 bits per heavy atom. The van der Waals surface area contributed by atoms with E-state index in [1.165, 1.54) is 4.31 Å². The van der Waals surface area contributed by atoms with Gasteiger partial charge >= 0.3 is 0 Å². The van der Waals surface area contributed by atoms with Gasteiger partial charge in [-0.25, -0.2) is 8.42 Å². The van der Waals surface area contributed by atoms with E-state index in [1.807, 2.05) is 13.8 Å². The Hall–Kier alpha value is -2.26. The van der Waals surface area contributed by atoms with Gasteiger partial charge < -0.3 is 9.84 Å². The minimum atomic E-state index is -3.49. The van der Waals surface area contributed by atoms with Crippen LogP contribution in [0.4, 0.5) is 0 Å². The lowest BCUT2D eigenvalue weighted by Crippen LogP contribution is -2.46. The van der Waals surface area contributed by atoms with Gasteiger partial charge in [0.05, 0.1) is 4.90 Å². The molecule has 29 heavy (non-hydrogen) atoms. The fraction of sp³-hybridized carbons (Fsp3) is 0.550. The number of hydrogen-bond acceptors (Lipinski definition) is 6. The summed E-state index contributed by atoms with van der Waals surface area (Å²) in [6.07, 6.45) is 3.58. The zero-order valence-corrected chi connectivity index (χ0v) is 17.7. The largest absolute Gasteiger partial charge is 0.353 e. The molecule has 0 saturated carbocycles. The van der Waals surface area contributed by atoms with E-state index in [0.29, 0.717) is 49.0 Å². The van der Waals surface area contributed by atoms with Crippen LogP contribution in [0.1, 0.15) is 49.9 Å². The number of nitrogens with one attached hydrogen (secondary N) is 1. The van der Waals surface area contributed by atoms with Crippen LogP contribution in [0.5, 0.6) is 0 Å². The average Bonchev–Trinajstić information content (AvgIpc) is 3.15. The summed E-state index contributed by atoms with van der Waals surface area (Å²) in [7, 11) is -3.49. The maximum absolute atomic E-state index is 12.8. The molecule has 1 amide bonds. The van der Waals surface area contributed by atoms with Crippen molar-refractivity contribution < 1.29 is 17.7 Å². The lowest BCUT2D eigenvalue weighted by atomic mass is 10.1. The van der Waals surface area contributed by atoms with Crippen LogP contribution in [-0.4, -0.2) is 47.9 Å². The van der Waals surface area contributed by atoms with Crippen LogP contribution in [0.25, 0.3) is 0 Å². The van der Waals surface area contributed by atoms with E-state index < -0.39 is 10.0 Å². The number of nitrogens with zero attached hydrogens (tertiary/aromatic N) is 3. The van der Waals surface area contributed by atoms with Crippen LogP contribution in [0.2, 0.25) is 0 Å². The predicted molar refractivity (Wildman–Crippen MR) is 108 cm³/mol. The number of aromatic nitrogens is 2. The molecule has 0 unspecified atom stereocenters. The SMILES string of the molecule is CCCc1noc(CCC(=O)NC2CCN(S(=O)(=O)c3ccc(C)cc3)CC2)n1. The van der Waals surface area contributed by atoms with Crippen LogP contribution in [0, 0.1) is 6.92 Å². The maximum atomic E-state index is 12.8. The van der Waals surface area contributed by atoms with Crippen LogP contribution >= 0.6 is 0 Å². The summed E-state index contributed by atoms with van der Waals surface area (Å²) in [4.78, 5) is 16.8. The van der Waals surface area contributed by atoms with E-state index in [-0.39, 0.29) is 18.4 Å². The summed E-state index contributed by atoms with van der Waals surface area (Å²) in [5.41, 5.74) is 1.02. The van der Waals surface area contributed by atoms with E-state index in [1.54, 1.807) is 24.3 Å². The third kappa shape index (κ3) is 5.63. The number of carbonyl (C=O) groups excluding carboxylic acids is 1. The molecule has 0 aliphatic carbocycles. The first kappa shape index (κ1) is 21.4. The van der Waals surface area contributed by atoms with Gasteiger partial charge in [-0.15, -0.1) is 0 Å². The summed E-state index contributed by atoms with van der Waals surface area (Å²) < 4.78 is 32.1. The minimum Gasteiger partial charge on any atom is -0.353 e. The second-order valence-electron chi connectivity index (χ2n) is 7.41. The number of amides is 1. The van der Waals surface area contributed by atoms with Gasteiger partial charge in [-0.1, -0.05) is 29.8 Å². The highest BCUT2D eigenvalue weighted by Gasteiger charge is 2.29. The second-order valence-corrected chi connectivity index (χ2v) is 9.35. The highest BCUT2D eigenvalue weighted by molar-refractivity contribution is 7.89. The Kier molecular flexibility index (Phi) is 7.02. The van der Waals surface area contributed by atoms with Gasteiger partial charge in [0.1, 0.15) is 0 Å². The number of piperidine rings is 1.